The van der Waals surface area contributed by atoms with Crippen LogP contribution in [0.5, 0.6) is 0 Å². The Morgan fingerprint density at radius 3 is 2.52 bits per heavy atom. The number of anilines is 1. The van der Waals surface area contributed by atoms with Crippen LogP contribution in [0.4, 0.5) is 5.69 Å². The van der Waals surface area contributed by atoms with Gasteiger partial charge in [0.25, 0.3) is 10.0 Å². The van der Waals surface area contributed by atoms with E-state index in [1.807, 2.05) is 6.92 Å². The van der Waals surface area contributed by atoms with Crippen LogP contribution in [0.1, 0.15) is 12.0 Å². The van der Waals surface area contributed by atoms with Gasteiger partial charge in [-0.15, -0.1) is 0 Å². The Balaban J connectivity index is 2.41. The molecule has 0 saturated heterocycles. The maximum absolute atomic E-state index is 12.6. The van der Waals surface area contributed by atoms with Gasteiger partial charge in [-0.05, 0) is 19.1 Å². The van der Waals surface area contributed by atoms with E-state index in [1.54, 1.807) is 24.3 Å². The Labute approximate surface area is 122 Å². The molecular formula is C13H15N3O4S. The first kappa shape index (κ1) is 15.0. The Kier molecular flexibility index (Phi) is 4.27. The van der Waals surface area contributed by atoms with Crippen molar-refractivity contribution in [1.82, 2.24) is 10.2 Å². The van der Waals surface area contributed by atoms with Gasteiger partial charge in [-0.1, -0.05) is 17.7 Å². The average Bonchev–Trinajstić information content (AvgIpc) is 2.95. The highest BCUT2D eigenvalue weighted by atomic mass is 32.2. The molecule has 0 amide bonds. The number of nitrogens with zero attached hydrogens (tertiary/aromatic N) is 2. The number of benzene rings is 1. The minimum atomic E-state index is -3.84. The van der Waals surface area contributed by atoms with E-state index in [2.05, 4.69) is 10.2 Å². The predicted molar refractivity (Wildman–Crippen MR) is 76.6 cm³/mol. The number of hydrogen-bond donors (Lipinski definition) is 2. The summed E-state index contributed by atoms with van der Waals surface area (Å²) >= 11 is 0. The topological polar surface area (TPSA) is 103 Å². The van der Waals surface area contributed by atoms with Gasteiger partial charge < -0.3 is 5.11 Å². The van der Waals surface area contributed by atoms with Crippen molar-refractivity contribution in [3.05, 3.63) is 42.2 Å². The van der Waals surface area contributed by atoms with Crippen LogP contribution in [0, 0.1) is 6.92 Å². The monoisotopic (exact) mass is 309 g/mol. The first-order valence-electron chi connectivity index (χ1n) is 6.21. The van der Waals surface area contributed by atoms with Crippen molar-refractivity contribution in [2.24, 2.45) is 0 Å². The number of H-pyrrole nitrogens is 1. The second-order valence-electron chi connectivity index (χ2n) is 4.49. The number of aromatic nitrogens is 2. The van der Waals surface area contributed by atoms with Gasteiger partial charge in [-0.25, -0.2) is 8.42 Å². The standard InChI is InChI=1S/C13H15N3O4S/c1-10-2-4-11(5-3-10)16(7-6-13(17)18)21(19,20)12-8-14-15-9-12/h2-5,8-9H,6-7H2,1H3,(H,14,15)(H,17,18). The van der Waals surface area contributed by atoms with Gasteiger partial charge in [0.1, 0.15) is 4.90 Å². The molecule has 0 spiro atoms. The van der Waals surface area contributed by atoms with Gasteiger partial charge in [0.2, 0.25) is 0 Å². The maximum Gasteiger partial charge on any atom is 0.305 e. The molecule has 112 valence electrons. The Hall–Kier alpha value is -2.35. The maximum atomic E-state index is 12.6. The fourth-order valence-electron chi connectivity index (χ4n) is 1.80. The molecule has 2 aromatic rings. The molecule has 0 unspecified atom stereocenters. The minimum absolute atomic E-state index is 0.00605. The normalized spacial score (nSPS) is 11.3. The summed E-state index contributed by atoms with van der Waals surface area (Å²) in [7, 11) is -3.84. The summed E-state index contributed by atoms with van der Waals surface area (Å²) in [5, 5.41) is 14.9. The fraction of sp³-hybridized carbons (Fsp3) is 0.231. The summed E-state index contributed by atoms with van der Waals surface area (Å²) in [6, 6.07) is 6.84. The van der Waals surface area contributed by atoms with Crippen LogP contribution in [0.25, 0.3) is 0 Å². The summed E-state index contributed by atoms with van der Waals surface area (Å²) < 4.78 is 26.2. The van der Waals surface area contributed by atoms with Crippen LogP contribution in [0.3, 0.4) is 0 Å². The molecule has 7 nitrogen and oxygen atoms in total. The van der Waals surface area contributed by atoms with Crippen LogP contribution in [0.2, 0.25) is 0 Å². The molecule has 0 fully saturated rings. The number of nitrogens with one attached hydrogen (secondary N) is 1. The molecule has 2 rings (SSSR count). The highest BCUT2D eigenvalue weighted by molar-refractivity contribution is 7.92. The Bertz CT molecular complexity index is 708. The molecule has 0 aliphatic rings. The summed E-state index contributed by atoms with van der Waals surface area (Å²) in [5.74, 6) is -1.06. The van der Waals surface area contributed by atoms with E-state index < -0.39 is 16.0 Å². The van der Waals surface area contributed by atoms with Crippen LogP contribution in [-0.2, 0) is 14.8 Å². The lowest BCUT2D eigenvalue weighted by molar-refractivity contribution is -0.136. The zero-order valence-corrected chi connectivity index (χ0v) is 12.2. The molecule has 21 heavy (non-hydrogen) atoms. The van der Waals surface area contributed by atoms with Gasteiger partial charge in [0.05, 0.1) is 18.3 Å². The average molecular weight is 309 g/mol. The Morgan fingerprint density at radius 1 is 1.33 bits per heavy atom. The third kappa shape index (κ3) is 3.40. The number of aliphatic carboxylic acids is 1. The van der Waals surface area contributed by atoms with Crippen molar-refractivity contribution >= 4 is 21.7 Å². The number of carbonyl (C=O) groups is 1. The molecule has 0 aliphatic carbocycles. The van der Waals surface area contributed by atoms with Crippen molar-refractivity contribution in [2.75, 3.05) is 10.8 Å². The molecule has 0 aliphatic heterocycles. The quantitative estimate of drug-likeness (QED) is 0.839. The van der Waals surface area contributed by atoms with E-state index in [0.29, 0.717) is 5.69 Å². The van der Waals surface area contributed by atoms with Gasteiger partial charge in [0.15, 0.2) is 0 Å². The van der Waals surface area contributed by atoms with Crippen LogP contribution >= 0.6 is 0 Å². The molecule has 0 atom stereocenters. The summed E-state index contributed by atoms with van der Waals surface area (Å²) in [5.41, 5.74) is 1.40. The molecule has 0 bridgehead atoms. The molecule has 2 N–H and O–H groups in total. The second kappa shape index (κ2) is 5.96. The zero-order valence-electron chi connectivity index (χ0n) is 11.4. The summed E-state index contributed by atoms with van der Waals surface area (Å²) in [6.07, 6.45) is 2.17. The van der Waals surface area contributed by atoms with Crippen molar-refractivity contribution in [1.29, 1.82) is 0 Å². The van der Waals surface area contributed by atoms with Crippen molar-refractivity contribution in [3.8, 4) is 0 Å². The predicted octanol–water partition coefficient (Wildman–Crippen LogP) is 1.39. The lowest BCUT2D eigenvalue weighted by Crippen LogP contribution is -2.32. The minimum Gasteiger partial charge on any atom is -0.481 e. The summed E-state index contributed by atoms with van der Waals surface area (Å²) in [4.78, 5) is 10.8. The molecule has 0 radical (unpaired) electrons. The third-order valence-corrected chi connectivity index (χ3v) is 4.70. The molecular weight excluding hydrogens is 294 g/mol. The summed E-state index contributed by atoms with van der Waals surface area (Å²) in [6.45, 7) is 1.74. The molecule has 1 heterocycles. The van der Waals surface area contributed by atoms with Gasteiger partial charge in [0, 0.05) is 12.7 Å². The van der Waals surface area contributed by atoms with Crippen molar-refractivity contribution in [2.45, 2.75) is 18.2 Å². The van der Waals surface area contributed by atoms with E-state index in [9.17, 15) is 13.2 Å². The fourth-order valence-corrected chi connectivity index (χ4v) is 3.18. The van der Waals surface area contributed by atoms with E-state index >= 15 is 0 Å². The van der Waals surface area contributed by atoms with Gasteiger partial charge in [-0.3, -0.25) is 14.2 Å². The van der Waals surface area contributed by atoms with Crippen LogP contribution in [-0.4, -0.2) is 36.2 Å². The van der Waals surface area contributed by atoms with Gasteiger partial charge in [-0.2, -0.15) is 5.10 Å². The SMILES string of the molecule is Cc1ccc(N(CCC(=O)O)S(=O)(=O)c2cn[nH]c2)cc1. The first-order chi connectivity index (χ1) is 9.91. The smallest absolute Gasteiger partial charge is 0.305 e. The molecule has 0 saturated carbocycles. The zero-order chi connectivity index (χ0) is 15.5. The van der Waals surface area contributed by atoms with Crippen LogP contribution in [0.15, 0.2) is 41.6 Å². The molecule has 8 heteroatoms. The molecule has 1 aromatic heterocycles. The second-order valence-corrected chi connectivity index (χ2v) is 6.35. The van der Waals surface area contributed by atoms with E-state index in [4.69, 9.17) is 5.11 Å². The highest BCUT2D eigenvalue weighted by Gasteiger charge is 2.26. The lowest BCUT2D eigenvalue weighted by Gasteiger charge is -2.23. The number of aromatic amines is 1. The third-order valence-electron chi connectivity index (χ3n) is 2.91. The van der Waals surface area contributed by atoms with E-state index in [0.717, 1.165) is 9.87 Å². The number of hydrogen-bond acceptors (Lipinski definition) is 4. The number of sulfonamides is 1. The van der Waals surface area contributed by atoms with Crippen LogP contribution < -0.4 is 4.31 Å². The largest absolute Gasteiger partial charge is 0.481 e. The Morgan fingerprint density at radius 2 is 2.00 bits per heavy atom. The van der Waals surface area contributed by atoms with Crippen molar-refractivity contribution in [3.63, 3.8) is 0 Å². The van der Waals surface area contributed by atoms with E-state index in [1.165, 1.54) is 12.4 Å². The first-order valence-corrected chi connectivity index (χ1v) is 7.65. The molecule has 1 aromatic carbocycles. The number of rotatable bonds is 6. The van der Waals surface area contributed by atoms with Gasteiger partial charge >= 0.3 is 5.97 Å². The number of aryl methyl sites for hydroxylation is 1. The number of carboxylic acids is 1. The highest BCUT2D eigenvalue weighted by Crippen LogP contribution is 2.23. The van der Waals surface area contributed by atoms with E-state index in [-0.39, 0.29) is 17.9 Å². The number of carboxylic acid groups (broad SMARTS) is 1. The van der Waals surface area contributed by atoms with Crippen molar-refractivity contribution < 1.29 is 18.3 Å². The lowest BCUT2D eigenvalue weighted by atomic mass is 10.2.